The van der Waals surface area contributed by atoms with Gasteiger partial charge in [0.25, 0.3) is 5.91 Å². The summed E-state index contributed by atoms with van der Waals surface area (Å²) in [5, 5.41) is 8.63. The molecule has 0 saturated carbocycles. The van der Waals surface area contributed by atoms with Crippen LogP contribution in [0.25, 0.3) is 11.1 Å². The van der Waals surface area contributed by atoms with Crippen LogP contribution in [-0.2, 0) is 14.3 Å². The first kappa shape index (κ1) is 28.2. The second-order valence-electron chi connectivity index (χ2n) is 8.90. The lowest BCUT2D eigenvalue weighted by Crippen LogP contribution is -2.50. The third kappa shape index (κ3) is 7.00. The molecular weight excluding hydrogens is 543 g/mol. The maximum Gasteiger partial charge on any atom is 0.330 e. The fraction of sp³-hybridized carbons (Fsp3) is 0.250. The molecule has 204 valence electrons. The van der Waals surface area contributed by atoms with E-state index in [0.717, 1.165) is 22.4 Å². The van der Waals surface area contributed by atoms with E-state index in [1.807, 2.05) is 36.4 Å². The van der Waals surface area contributed by atoms with Crippen molar-refractivity contribution in [1.29, 1.82) is 0 Å². The van der Waals surface area contributed by atoms with E-state index in [4.69, 9.17) is 38.4 Å². The average molecular weight is 571 g/mol. The van der Waals surface area contributed by atoms with Gasteiger partial charge >= 0.3 is 5.97 Å². The zero-order valence-corrected chi connectivity index (χ0v) is 22.6. The standard InChI is InChI=1S/C28H28Cl2N4O5/c1-38-28(37)23(14-33-25(35)15-32-22-9-10-39-24-8-7-18(31)13-19(22)24)34-27(36)26-20(29)11-17(12-21(26)30)16-5-3-2-4-6-16/h2-8,11-13,22-23,32H,9-10,14-15,31H2,1H3,(H,33,35)(H,34,36)/t22?,23-/m0/s1. The van der Waals surface area contributed by atoms with Crippen LogP contribution >= 0.6 is 23.2 Å². The zero-order valence-electron chi connectivity index (χ0n) is 21.1. The number of anilines is 1. The molecule has 0 saturated heterocycles. The number of amides is 2. The lowest BCUT2D eigenvalue weighted by Gasteiger charge is -2.27. The summed E-state index contributed by atoms with van der Waals surface area (Å²) in [4.78, 5) is 38.0. The molecule has 0 spiro atoms. The summed E-state index contributed by atoms with van der Waals surface area (Å²) in [6, 6.07) is 16.8. The fourth-order valence-corrected chi connectivity index (χ4v) is 4.93. The van der Waals surface area contributed by atoms with Gasteiger partial charge in [-0.3, -0.25) is 9.59 Å². The van der Waals surface area contributed by atoms with Crippen LogP contribution in [0.15, 0.2) is 60.7 Å². The number of rotatable bonds is 9. The van der Waals surface area contributed by atoms with Crippen molar-refractivity contribution in [2.45, 2.75) is 18.5 Å². The molecule has 0 aliphatic carbocycles. The third-order valence-corrected chi connectivity index (χ3v) is 6.85. The first-order valence-corrected chi connectivity index (χ1v) is 13.0. The Bertz CT molecular complexity index is 1350. The van der Waals surface area contributed by atoms with Crippen molar-refractivity contribution in [2.75, 3.05) is 32.5 Å². The molecule has 39 heavy (non-hydrogen) atoms. The highest BCUT2D eigenvalue weighted by molar-refractivity contribution is 6.40. The van der Waals surface area contributed by atoms with Crippen LogP contribution < -0.4 is 26.4 Å². The van der Waals surface area contributed by atoms with E-state index in [0.29, 0.717) is 18.7 Å². The molecule has 9 nitrogen and oxygen atoms in total. The predicted octanol–water partition coefficient (Wildman–Crippen LogP) is 3.74. The quantitative estimate of drug-likeness (QED) is 0.227. The van der Waals surface area contributed by atoms with Gasteiger partial charge in [-0.15, -0.1) is 0 Å². The molecule has 0 radical (unpaired) electrons. The van der Waals surface area contributed by atoms with E-state index in [9.17, 15) is 14.4 Å². The van der Waals surface area contributed by atoms with E-state index >= 15 is 0 Å². The Kier molecular flexibility index (Phi) is 9.29. The number of nitrogen functional groups attached to an aromatic ring is 1. The second kappa shape index (κ2) is 12.8. The number of nitrogens with one attached hydrogen (secondary N) is 3. The number of ether oxygens (including phenoxy) is 2. The second-order valence-corrected chi connectivity index (χ2v) is 9.72. The smallest absolute Gasteiger partial charge is 0.330 e. The molecule has 4 rings (SSSR count). The highest BCUT2D eigenvalue weighted by Crippen LogP contribution is 2.33. The summed E-state index contributed by atoms with van der Waals surface area (Å²) in [5.74, 6) is -1.07. The highest BCUT2D eigenvalue weighted by atomic mass is 35.5. The Labute approximate surface area is 235 Å². The third-order valence-electron chi connectivity index (χ3n) is 6.25. The Morgan fingerprint density at radius 3 is 2.46 bits per heavy atom. The summed E-state index contributed by atoms with van der Waals surface area (Å²) in [6.45, 7) is 0.275. The molecule has 2 amide bonds. The average Bonchev–Trinajstić information content (AvgIpc) is 2.93. The van der Waals surface area contributed by atoms with Crippen LogP contribution in [0.5, 0.6) is 5.75 Å². The molecule has 2 atom stereocenters. The number of carbonyl (C=O) groups is 3. The van der Waals surface area contributed by atoms with Gasteiger partial charge in [-0.2, -0.15) is 0 Å². The van der Waals surface area contributed by atoms with Crippen molar-refractivity contribution < 1.29 is 23.9 Å². The lowest BCUT2D eigenvalue weighted by molar-refractivity contribution is -0.142. The fourth-order valence-electron chi connectivity index (χ4n) is 4.27. The Morgan fingerprint density at radius 2 is 1.77 bits per heavy atom. The van der Waals surface area contributed by atoms with E-state index in [1.165, 1.54) is 7.11 Å². The van der Waals surface area contributed by atoms with Crippen LogP contribution in [0.3, 0.4) is 0 Å². The van der Waals surface area contributed by atoms with Crippen molar-refractivity contribution in [3.05, 3.63) is 81.8 Å². The van der Waals surface area contributed by atoms with Crippen molar-refractivity contribution in [3.8, 4) is 16.9 Å². The van der Waals surface area contributed by atoms with Gasteiger partial charge in [-0.25, -0.2) is 4.79 Å². The molecule has 0 aromatic heterocycles. The van der Waals surface area contributed by atoms with E-state index in [1.54, 1.807) is 24.3 Å². The summed E-state index contributed by atoms with van der Waals surface area (Å²) in [7, 11) is 1.19. The predicted molar refractivity (Wildman–Crippen MR) is 150 cm³/mol. The van der Waals surface area contributed by atoms with Crippen molar-refractivity contribution >= 4 is 46.7 Å². The number of methoxy groups -OCH3 is 1. The molecule has 1 unspecified atom stereocenters. The molecule has 0 bridgehead atoms. The monoisotopic (exact) mass is 570 g/mol. The zero-order chi connectivity index (χ0) is 27.9. The van der Waals surface area contributed by atoms with Crippen LogP contribution in [0, 0.1) is 0 Å². The topological polar surface area (TPSA) is 132 Å². The molecule has 11 heteroatoms. The maximum atomic E-state index is 13.1. The van der Waals surface area contributed by atoms with Gasteiger partial charge in [0.1, 0.15) is 11.8 Å². The first-order valence-electron chi connectivity index (χ1n) is 12.2. The minimum absolute atomic E-state index is 0.0115. The highest BCUT2D eigenvalue weighted by Gasteiger charge is 2.26. The largest absolute Gasteiger partial charge is 0.493 e. The number of carbonyl (C=O) groups excluding carboxylic acids is 3. The molecule has 3 aromatic carbocycles. The van der Waals surface area contributed by atoms with Gasteiger partial charge in [0, 0.05) is 30.3 Å². The Hall–Kier alpha value is -3.79. The van der Waals surface area contributed by atoms with E-state index in [-0.39, 0.29) is 40.6 Å². The van der Waals surface area contributed by atoms with E-state index in [2.05, 4.69) is 16.0 Å². The molecule has 1 aliphatic rings. The van der Waals surface area contributed by atoms with Crippen molar-refractivity contribution in [2.24, 2.45) is 0 Å². The van der Waals surface area contributed by atoms with Gasteiger partial charge in [0.15, 0.2) is 0 Å². The van der Waals surface area contributed by atoms with Gasteiger partial charge in [-0.05, 0) is 41.5 Å². The molecule has 1 heterocycles. The summed E-state index contributed by atoms with van der Waals surface area (Å²) in [5.41, 5.74) is 9.00. The number of benzene rings is 3. The molecule has 3 aromatic rings. The minimum atomic E-state index is -1.17. The van der Waals surface area contributed by atoms with Crippen molar-refractivity contribution in [3.63, 3.8) is 0 Å². The van der Waals surface area contributed by atoms with Crippen LogP contribution in [0.1, 0.15) is 28.4 Å². The number of nitrogens with two attached hydrogens (primary N) is 1. The number of hydrogen-bond donors (Lipinski definition) is 4. The van der Waals surface area contributed by atoms with Crippen LogP contribution in [0.2, 0.25) is 10.0 Å². The van der Waals surface area contributed by atoms with Crippen LogP contribution in [-0.4, -0.2) is 50.6 Å². The van der Waals surface area contributed by atoms with Gasteiger partial charge < -0.3 is 31.2 Å². The number of fused-ring (bicyclic) bond motifs is 1. The van der Waals surface area contributed by atoms with Crippen molar-refractivity contribution in [1.82, 2.24) is 16.0 Å². The summed E-state index contributed by atoms with van der Waals surface area (Å²) >= 11 is 12.8. The van der Waals surface area contributed by atoms with Gasteiger partial charge in [0.2, 0.25) is 5.91 Å². The Balaban J connectivity index is 1.37. The summed E-state index contributed by atoms with van der Waals surface area (Å²) < 4.78 is 10.5. The molecule has 5 N–H and O–H groups in total. The van der Waals surface area contributed by atoms with E-state index < -0.39 is 17.9 Å². The number of esters is 1. The first-order chi connectivity index (χ1) is 18.8. The van der Waals surface area contributed by atoms with Gasteiger partial charge in [-0.1, -0.05) is 53.5 Å². The molecule has 1 aliphatic heterocycles. The maximum absolute atomic E-state index is 13.1. The lowest BCUT2D eigenvalue weighted by atomic mass is 10.00. The number of halogens is 2. The summed E-state index contributed by atoms with van der Waals surface area (Å²) in [6.07, 6.45) is 0.662. The minimum Gasteiger partial charge on any atom is -0.493 e. The number of hydrogen-bond acceptors (Lipinski definition) is 7. The molecule has 0 fully saturated rings. The normalized spacial score (nSPS) is 14.9. The van der Waals surface area contributed by atoms with Gasteiger partial charge in [0.05, 0.1) is 35.9 Å². The SMILES string of the molecule is COC(=O)[C@H](CNC(=O)CNC1CCOc2ccc(N)cc21)NC(=O)c1c(Cl)cc(-c2ccccc2)cc1Cl. The molecular formula is C28H28Cl2N4O5. The van der Waals surface area contributed by atoms with Crippen LogP contribution in [0.4, 0.5) is 5.69 Å². The Morgan fingerprint density at radius 1 is 1.05 bits per heavy atom.